The average Bonchev–Trinajstić information content (AvgIpc) is 3.23. The van der Waals surface area contributed by atoms with Gasteiger partial charge < -0.3 is 9.15 Å². The molecule has 0 N–H and O–H groups in total. The standard InChI is InChI=1S/C21H15N3O4/c25-19-12-11-18(23-24(19)17-9-5-2-6-10-17)21(26)28-14-16-13-27-20(22-16)15-7-3-1-4-8-15/h1-13H,14H2. The Morgan fingerprint density at radius 2 is 1.68 bits per heavy atom. The van der Waals surface area contributed by atoms with E-state index < -0.39 is 5.97 Å². The average molecular weight is 373 g/mol. The van der Waals surface area contributed by atoms with Crippen molar-refractivity contribution < 1.29 is 13.9 Å². The SMILES string of the molecule is O=C(OCc1coc(-c2ccccc2)n1)c1ccc(=O)n(-c2ccccc2)n1. The van der Waals surface area contributed by atoms with Crippen LogP contribution in [0.25, 0.3) is 17.1 Å². The minimum Gasteiger partial charge on any atom is -0.454 e. The van der Waals surface area contributed by atoms with Crippen LogP contribution < -0.4 is 5.56 Å². The molecule has 0 aliphatic carbocycles. The Morgan fingerprint density at radius 1 is 0.964 bits per heavy atom. The van der Waals surface area contributed by atoms with E-state index in [1.807, 2.05) is 36.4 Å². The van der Waals surface area contributed by atoms with E-state index in [2.05, 4.69) is 10.1 Å². The number of nitrogens with zero attached hydrogens (tertiary/aromatic N) is 3. The second kappa shape index (κ2) is 7.71. The Hall–Kier alpha value is -4.00. The van der Waals surface area contributed by atoms with Crippen molar-refractivity contribution in [2.24, 2.45) is 0 Å². The van der Waals surface area contributed by atoms with Gasteiger partial charge >= 0.3 is 5.97 Å². The van der Waals surface area contributed by atoms with E-state index in [-0.39, 0.29) is 17.9 Å². The smallest absolute Gasteiger partial charge is 0.359 e. The maximum Gasteiger partial charge on any atom is 0.359 e. The number of benzene rings is 2. The van der Waals surface area contributed by atoms with Gasteiger partial charge in [0.1, 0.15) is 18.6 Å². The van der Waals surface area contributed by atoms with Gasteiger partial charge in [0.2, 0.25) is 5.89 Å². The number of hydrogen-bond donors (Lipinski definition) is 0. The monoisotopic (exact) mass is 373 g/mol. The van der Waals surface area contributed by atoms with E-state index >= 15 is 0 Å². The molecule has 0 aliphatic heterocycles. The van der Waals surface area contributed by atoms with Crippen molar-refractivity contribution >= 4 is 5.97 Å². The summed E-state index contributed by atoms with van der Waals surface area (Å²) in [5, 5.41) is 4.09. The van der Waals surface area contributed by atoms with Gasteiger partial charge in [-0.25, -0.2) is 9.78 Å². The van der Waals surface area contributed by atoms with Crippen LogP contribution in [0.1, 0.15) is 16.2 Å². The number of oxazole rings is 1. The van der Waals surface area contributed by atoms with Crippen LogP contribution in [-0.4, -0.2) is 20.7 Å². The maximum atomic E-state index is 12.3. The fourth-order valence-corrected chi connectivity index (χ4v) is 2.57. The number of carbonyl (C=O) groups is 1. The number of hydrogen-bond acceptors (Lipinski definition) is 6. The summed E-state index contributed by atoms with van der Waals surface area (Å²) in [5.74, 6) is -0.212. The van der Waals surface area contributed by atoms with Gasteiger partial charge in [-0.1, -0.05) is 36.4 Å². The molecule has 28 heavy (non-hydrogen) atoms. The normalized spacial score (nSPS) is 10.6. The Bertz CT molecular complexity index is 1150. The predicted molar refractivity (Wildman–Crippen MR) is 101 cm³/mol. The van der Waals surface area contributed by atoms with E-state index in [4.69, 9.17) is 9.15 Å². The second-order valence-corrected chi connectivity index (χ2v) is 5.89. The van der Waals surface area contributed by atoms with Gasteiger partial charge in [-0.15, -0.1) is 0 Å². The van der Waals surface area contributed by atoms with E-state index in [0.29, 0.717) is 17.3 Å². The van der Waals surface area contributed by atoms with Crippen LogP contribution in [0.15, 0.2) is 88.3 Å². The van der Waals surface area contributed by atoms with E-state index in [0.717, 1.165) is 10.2 Å². The van der Waals surface area contributed by atoms with Crippen molar-refractivity contribution in [2.75, 3.05) is 0 Å². The van der Waals surface area contributed by atoms with Gasteiger partial charge in [0.15, 0.2) is 5.69 Å². The van der Waals surface area contributed by atoms with Crippen molar-refractivity contribution in [1.29, 1.82) is 0 Å². The molecule has 2 aromatic carbocycles. The molecule has 7 nitrogen and oxygen atoms in total. The topological polar surface area (TPSA) is 87.2 Å². The number of para-hydroxylation sites is 1. The lowest BCUT2D eigenvalue weighted by Gasteiger charge is -2.06. The third kappa shape index (κ3) is 3.73. The molecule has 138 valence electrons. The summed E-state index contributed by atoms with van der Waals surface area (Å²) in [6.45, 7) is -0.0681. The zero-order valence-corrected chi connectivity index (χ0v) is 14.7. The first-order chi connectivity index (χ1) is 13.7. The molecule has 2 aromatic heterocycles. The summed E-state index contributed by atoms with van der Waals surface area (Å²) < 4.78 is 11.8. The van der Waals surface area contributed by atoms with Crippen molar-refractivity contribution in [1.82, 2.24) is 14.8 Å². The summed E-state index contributed by atoms with van der Waals surface area (Å²) in [5.41, 5.74) is 1.55. The fourth-order valence-electron chi connectivity index (χ4n) is 2.57. The Balaban J connectivity index is 1.48. The Labute approximate surface area is 159 Å². The third-order valence-corrected chi connectivity index (χ3v) is 3.93. The molecule has 4 aromatic rings. The van der Waals surface area contributed by atoms with Crippen molar-refractivity contribution in [2.45, 2.75) is 6.61 Å². The van der Waals surface area contributed by atoms with Crippen molar-refractivity contribution in [3.8, 4) is 17.1 Å². The molecule has 7 heteroatoms. The quantitative estimate of drug-likeness (QED) is 0.499. The lowest BCUT2D eigenvalue weighted by atomic mass is 10.2. The molecule has 0 saturated heterocycles. The van der Waals surface area contributed by atoms with Crippen molar-refractivity contribution in [3.05, 3.63) is 101 Å². The molecular weight excluding hydrogens is 358 g/mol. The summed E-state index contributed by atoms with van der Waals surface area (Å²) in [6, 6.07) is 20.9. The van der Waals surface area contributed by atoms with Crippen LogP contribution >= 0.6 is 0 Å². The molecule has 0 spiro atoms. The molecule has 2 heterocycles. The number of aromatic nitrogens is 3. The summed E-state index contributed by atoms with van der Waals surface area (Å²) in [7, 11) is 0. The Morgan fingerprint density at radius 3 is 2.43 bits per heavy atom. The largest absolute Gasteiger partial charge is 0.454 e. The molecule has 0 aliphatic rings. The molecule has 0 fully saturated rings. The first-order valence-electron chi connectivity index (χ1n) is 8.53. The molecular formula is C21H15N3O4. The van der Waals surface area contributed by atoms with E-state index in [9.17, 15) is 9.59 Å². The van der Waals surface area contributed by atoms with Crippen LogP contribution in [0, 0.1) is 0 Å². The number of rotatable bonds is 5. The van der Waals surface area contributed by atoms with Gasteiger partial charge in [0, 0.05) is 11.6 Å². The first kappa shape index (κ1) is 17.4. The van der Waals surface area contributed by atoms with Crippen LogP contribution in [0.5, 0.6) is 0 Å². The highest BCUT2D eigenvalue weighted by Crippen LogP contribution is 2.18. The highest BCUT2D eigenvalue weighted by molar-refractivity contribution is 5.86. The van der Waals surface area contributed by atoms with Crippen molar-refractivity contribution in [3.63, 3.8) is 0 Å². The zero-order valence-electron chi connectivity index (χ0n) is 14.7. The summed E-state index contributed by atoms with van der Waals surface area (Å²) in [6.07, 6.45) is 1.44. The van der Waals surface area contributed by atoms with E-state index in [1.54, 1.807) is 24.3 Å². The van der Waals surface area contributed by atoms with Crippen LogP contribution in [0.4, 0.5) is 0 Å². The second-order valence-electron chi connectivity index (χ2n) is 5.89. The molecule has 0 bridgehead atoms. The summed E-state index contributed by atoms with van der Waals surface area (Å²) in [4.78, 5) is 28.7. The first-order valence-corrected chi connectivity index (χ1v) is 8.53. The molecule has 0 amide bonds. The highest BCUT2D eigenvalue weighted by Gasteiger charge is 2.14. The minimum absolute atomic E-state index is 0.0234. The lowest BCUT2D eigenvalue weighted by Crippen LogP contribution is -2.23. The minimum atomic E-state index is -0.658. The van der Waals surface area contributed by atoms with Gasteiger partial charge in [-0.05, 0) is 30.3 Å². The Kier molecular flexibility index (Phi) is 4.79. The van der Waals surface area contributed by atoms with Gasteiger partial charge in [-0.3, -0.25) is 4.79 Å². The lowest BCUT2D eigenvalue weighted by molar-refractivity contribution is 0.0458. The summed E-state index contributed by atoms with van der Waals surface area (Å²) >= 11 is 0. The number of ether oxygens (including phenoxy) is 1. The van der Waals surface area contributed by atoms with Crippen LogP contribution in [-0.2, 0) is 11.3 Å². The third-order valence-electron chi connectivity index (χ3n) is 3.93. The fraction of sp³-hybridized carbons (Fsp3) is 0.0476. The number of esters is 1. The molecule has 0 atom stereocenters. The maximum absolute atomic E-state index is 12.3. The molecule has 4 rings (SSSR count). The van der Waals surface area contributed by atoms with Crippen LogP contribution in [0.3, 0.4) is 0 Å². The predicted octanol–water partition coefficient (Wildman–Crippen LogP) is 3.24. The molecule has 0 radical (unpaired) electrons. The van der Waals surface area contributed by atoms with Gasteiger partial charge in [0.25, 0.3) is 5.56 Å². The molecule has 0 saturated carbocycles. The number of carbonyl (C=O) groups excluding carboxylic acids is 1. The molecule has 0 unspecified atom stereocenters. The van der Waals surface area contributed by atoms with Crippen LogP contribution in [0.2, 0.25) is 0 Å². The van der Waals surface area contributed by atoms with Gasteiger partial charge in [-0.2, -0.15) is 9.78 Å². The van der Waals surface area contributed by atoms with Gasteiger partial charge in [0.05, 0.1) is 5.69 Å². The zero-order chi connectivity index (χ0) is 19.3. The van der Waals surface area contributed by atoms with E-state index in [1.165, 1.54) is 18.4 Å². The highest BCUT2D eigenvalue weighted by atomic mass is 16.5.